The van der Waals surface area contributed by atoms with Gasteiger partial charge in [0.05, 0.1) is 27.2 Å². The van der Waals surface area contributed by atoms with Gasteiger partial charge in [-0.05, 0) is 12.1 Å². The minimum Gasteiger partial charge on any atom is -0.497 e. The summed E-state index contributed by atoms with van der Waals surface area (Å²) in [4.78, 5) is 23.6. The van der Waals surface area contributed by atoms with E-state index in [9.17, 15) is 9.59 Å². The van der Waals surface area contributed by atoms with Gasteiger partial charge >= 0.3 is 0 Å². The summed E-state index contributed by atoms with van der Waals surface area (Å²) in [5.74, 6) is 0.575. The summed E-state index contributed by atoms with van der Waals surface area (Å²) < 4.78 is 5.10. The Balaban J connectivity index is 2.36. The number of hydrogen-bond acceptors (Lipinski definition) is 3. The number of nitrogens with one attached hydrogen (secondary N) is 3. The predicted molar refractivity (Wildman–Crippen MR) is 76.9 cm³/mol. The molecule has 1 aromatic carbocycles. The molecule has 0 aliphatic heterocycles. The zero-order valence-corrected chi connectivity index (χ0v) is 12.2. The van der Waals surface area contributed by atoms with Crippen LogP contribution in [-0.2, 0) is 9.59 Å². The highest BCUT2D eigenvalue weighted by Crippen LogP contribution is 2.16. The lowest BCUT2D eigenvalue weighted by Crippen LogP contribution is -3.10. The zero-order chi connectivity index (χ0) is 15.0. The molecule has 20 heavy (non-hydrogen) atoms. The van der Waals surface area contributed by atoms with Crippen molar-refractivity contribution in [2.24, 2.45) is 0 Å². The maximum absolute atomic E-state index is 11.9. The zero-order valence-electron chi connectivity index (χ0n) is 12.2. The molecule has 0 saturated heterocycles. The van der Waals surface area contributed by atoms with Crippen molar-refractivity contribution in [2.75, 3.05) is 39.1 Å². The van der Waals surface area contributed by atoms with E-state index in [1.807, 2.05) is 25.2 Å². The summed E-state index contributed by atoms with van der Waals surface area (Å²) >= 11 is 0. The summed E-state index contributed by atoms with van der Waals surface area (Å²) in [5.41, 5.74) is 0.712. The van der Waals surface area contributed by atoms with Crippen LogP contribution in [0, 0.1) is 0 Å². The van der Waals surface area contributed by atoms with Gasteiger partial charge < -0.3 is 20.3 Å². The molecule has 0 fully saturated rings. The molecular weight excluding hydrogens is 258 g/mol. The van der Waals surface area contributed by atoms with Crippen LogP contribution < -0.4 is 20.3 Å². The van der Waals surface area contributed by atoms with Crippen molar-refractivity contribution in [1.29, 1.82) is 0 Å². The Morgan fingerprint density at radius 1 is 1.35 bits per heavy atom. The number of likely N-dealkylation sites (N-methyl/N-ethyl adjacent to an activating group) is 1. The molecule has 0 bridgehead atoms. The van der Waals surface area contributed by atoms with E-state index in [2.05, 4.69) is 10.6 Å². The molecule has 0 aromatic heterocycles. The Bertz CT molecular complexity index is 463. The van der Waals surface area contributed by atoms with E-state index in [1.165, 1.54) is 6.92 Å². The first kappa shape index (κ1) is 16.0. The molecule has 1 atom stereocenters. The minimum absolute atomic E-state index is 0.0568. The van der Waals surface area contributed by atoms with Gasteiger partial charge in [0, 0.05) is 18.7 Å². The SMILES string of the molecule is COc1cccc(NC(=O)C[NH+](C)CCNC(C)=O)c1. The van der Waals surface area contributed by atoms with Crippen LogP contribution in [-0.4, -0.2) is 45.6 Å². The minimum atomic E-state index is -0.0708. The van der Waals surface area contributed by atoms with Gasteiger partial charge in [-0.1, -0.05) is 6.07 Å². The monoisotopic (exact) mass is 280 g/mol. The second kappa shape index (κ2) is 8.16. The second-order valence-electron chi connectivity index (χ2n) is 4.65. The molecule has 1 unspecified atom stereocenters. The molecule has 0 aliphatic carbocycles. The van der Waals surface area contributed by atoms with E-state index >= 15 is 0 Å². The molecule has 0 aliphatic rings. The fraction of sp³-hybridized carbons (Fsp3) is 0.429. The largest absolute Gasteiger partial charge is 0.497 e. The van der Waals surface area contributed by atoms with Crippen molar-refractivity contribution >= 4 is 17.5 Å². The van der Waals surface area contributed by atoms with Crippen LogP contribution in [0.25, 0.3) is 0 Å². The van der Waals surface area contributed by atoms with E-state index < -0.39 is 0 Å². The number of quaternary nitrogens is 1. The maximum atomic E-state index is 11.9. The smallest absolute Gasteiger partial charge is 0.279 e. The molecule has 2 amide bonds. The average Bonchev–Trinajstić information content (AvgIpc) is 2.38. The Morgan fingerprint density at radius 2 is 2.10 bits per heavy atom. The summed E-state index contributed by atoms with van der Waals surface area (Å²) in [6.07, 6.45) is 0. The van der Waals surface area contributed by atoms with Gasteiger partial charge in [0.15, 0.2) is 6.54 Å². The lowest BCUT2D eigenvalue weighted by molar-refractivity contribution is -0.869. The number of benzene rings is 1. The molecule has 0 radical (unpaired) electrons. The first-order valence-corrected chi connectivity index (χ1v) is 6.51. The van der Waals surface area contributed by atoms with Crippen LogP contribution in [0.4, 0.5) is 5.69 Å². The summed E-state index contributed by atoms with van der Waals surface area (Å²) in [5, 5.41) is 5.53. The first-order valence-electron chi connectivity index (χ1n) is 6.51. The van der Waals surface area contributed by atoms with Crippen molar-refractivity contribution in [3.05, 3.63) is 24.3 Å². The van der Waals surface area contributed by atoms with Crippen LogP contribution in [0.15, 0.2) is 24.3 Å². The normalized spacial score (nSPS) is 11.6. The van der Waals surface area contributed by atoms with E-state index in [4.69, 9.17) is 4.74 Å². The third kappa shape index (κ3) is 6.19. The number of hydrogen-bond donors (Lipinski definition) is 3. The van der Waals surface area contributed by atoms with Crippen molar-refractivity contribution in [1.82, 2.24) is 5.32 Å². The Hall–Kier alpha value is -2.08. The van der Waals surface area contributed by atoms with Gasteiger partial charge in [-0.15, -0.1) is 0 Å². The number of carbonyl (C=O) groups is 2. The van der Waals surface area contributed by atoms with Gasteiger partial charge in [-0.2, -0.15) is 0 Å². The molecule has 110 valence electrons. The van der Waals surface area contributed by atoms with E-state index in [1.54, 1.807) is 13.2 Å². The molecule has 1 aromatic rings. The summed E-state index contributed by atoms with van der Waals surface area (Å²) in [6.45, 7) is 3.08. The third-order valence-corrected chi connectivity index (χ3v) is 2.74. The quantitative estimate of drug-likeness (QED) is 0.617. The number of amides is 2. The van der Waals surface area contributed by atoms with Crippen LogP contribution in [0.5, 0.6) is 5.75 Å². The number of carbonyl (C=O) groups excluding carboxylic acids is 2. The van der Waals surface area contributed by atoms with Crippen LogP contribution >= 0.6 is 0 Å². The van der Waals surface area contributed by atoms with E-state index in [0.717, 1.165) is 4.90 Å². The highest BCUT2D eigenvalue weighted by atomic mass is 16.5. The van der Waals surface area contributed by atoms with E-state index in [-0.39, 0.29) is 11.8 Å². The molecule has 6 nitrogen and oxygen atoms in total. The Labute approximate surface area is 119 Å². The number of ether oxygens (including phenoxy) is 1. The molecule has 0 saturated carbocycles. The van der Waals surface area contributed by atoms with Crippen molar-refractivity contribution in [3.63, 3.8) is 0 Å². The van der Waals surface area contributed by atoms with Gasteiger partial charge in [-0.3, -0.25) is 9.59 Å². The average molecular weight is 280 g/mol. The number of anilines is 1. The molecule has 6 heteroatoms. The van der Waals surface area contributed by atoms with Crippen molar-refractivity contribution in [3.8, 4) is 5.75 Å². The van der Waals surface area contributed by atoms with Crippen LogP contribution in [0.3, 0.4) is 0 Å². The fourth-order valence-electron chi connectivity index (χ4n) is 1.72. The van der Waals surface area contributed by atoms with Gasteiger partial charge in [0.1, 0.15) is 5.75 Å². The van der Waals surface area contributed by atoms with Crippen molar-refractivity contribution < 1.29 is 19.2 Å². The predicted octanol–water partition coefficient (Wildman–Crippen LogP) is -0.715. The van der Waals surface area contributed by atoms with Gasteiger partial charge in [-0.25, -0.2) is 0 Å². The van der Waals surface area contributed by atoms with Crippen LogP contribution in [0.1, 0.15) is 6.92 Å². The topological polar surface area (TPSA) is 71.9 Å². The third-order valence-electron chi connectivity index (χ3n) is 2.74. The summed E-state index contributed by atoms with van der Waals surface area (Å²) in [7, 11) is 3.49. The second-order valence-corrected chi connectivity index (χ2v) is 4.65. The Kier molecular flexibility index (Phi) is 6.52. The fourth-order valence-corrected chi connectivity index (χ4v) is 1.72. The van der Waals surface area contributed by atoms with E-state index in [0.29, 0.717) is 31.1 Å². The maximum Gasteiger partial charge on any atom is 0.279 e. The number of rotatable bonds is 7. The van der Waals surface area contributed by atoms with Gasteiger partial charge in [0.2, 0.25) is 5.91 Å². The Morgan fingerprint density at radius 3 is 2.75 bits per heavy atom. The highest BCUT2D eigenvalue weighted by molar-refractivity contribution is 5.91. The molecule has 3 N–H and O–H groups in total. The molecule has 0 spiro atoms. The van der Waals surface area contributed by atoms with Crippen molar-refractivity contribution in [2.45, 2.75) is 6.92 Å². The highest BCUT2D eigenvalue weighted by Gasteiger charge is 2.10. The standard InChI is InChI=1S/C14H21N3O3/c1-11(18)15-7-8-17(2)10-14(19)16-12-5-4-6-13(9-12)20-3/h4-6,9H,7-8,10H2,1-3H3,(H,15,18)(H,16,19)/p+1. The molecule has 1 rings (SSSR count). The number of methoxy groups -OCH3 is 1. The lowest BCUT2D eigenvalue weighted by atomic mass is 10.3. The first-order chi connectivity index (χ1) is 9.51. The summed E-state index contributed by atoms with van der Waals surface area (Å²) in [6, 6.07) is 7.22. The molecule has 0 heterocycles. The van der Waals surface area contributed by atoms with Gasteiger partial charge in [0.25, 0.3) is 5.91 Å². The molecular formula is C14H22N3O3+. The lowest BCUT2D eigenvalue weighted by Gasteiger charge is -2.14. The van der Waals surface area contributed by atoms with Crippen LogP contribution in [0.2, 0.25) is 0 Å².